The van der Waals surface area contributed by atoms with Crippen LogP contribution in [0.2, 0.25) is 0 Å². The quantitative estimate of drug-likeness (QED) is 0.534. The highest BCUT2D eigenvalue weighted by atomic mass is 16.1. The maximum absolute atomic E-state index is 10.9. The average Bonchev–Trinajstić information content (AvgIpc) is 2.39. The predicted molar refractivity (Wildman–Crippen MR) is 73.5 cm³/mol. The molecule has 1 aromatic rings. The monoisotopic (exact) mass is 248 g/mol. The van der Waals surface area contributed by atoms with Crippen LogP contribution in [0.4, 0.5) is 0 Å². The first-order chi connectivity index (χ1) is 8.67. The molecule has 1 amide bonds. The Balaban J connectivity index is 2.50. The molecule has 0 aromatic heterocycles. The second-order valence-corrected chi connectivity index (χ2v) is 3.91. The van der Waals surface area contributed by atoms with Crippen molar-refractivity contribution in [3.63, 3.8) is 0 Å². The molecule has 0 heterocycles. The maximum atomic E-state index is 10.9. The van der Waals surface area contributed by atoms with Crippen molar-refractivity contribution in [2.75, 3.05) is 13.6 Å². The van der Waals surface area contributed by atoms with Crippen molar-refractivity contribution in [3.05, 3.63) is 35.4 Å². The number of benzene rings is 1. The fourth-order valence-corrected chi connectivity index (χ4v) is 1.44. The fraction of sp³-hybridized carbons (Fsp3) is 0.385. The number of nitrogens with one attached hydrogen (secondary N) is 2. The normalized spacial score (nSPS) is 11.1. The van der Waals surface area contributed by atoms with E-state index in [0.29, 0.717) is 12.1 Å². The molecule has 0 aliphatic carbocycles. The van der Waals surface area contributed by atoms with Gasteiger partial charge in [-0.15, -0.1) is 0 Å². The highest BCUT2D eigenvalue weighted by Gasteiger charge is 2.00. The van der Waals surface area contributed by atoms with E-state index in [1.165, 1.54) is 0 Å². The van der Waals surface area contributed by atoms with Gasteiger partial charge in [-0.05, 0) is 24.1 Å². The number of guanidine groups is 1. The van der Waals surface area contributed by atoms with Crippen LogP contribution in [0.25, 0.3) is 0 Å². The minimum atomic E-state index is -0.407. The molecule has 5 heteroatoms. The van der Waals surface area contributed by atoms with E-state index in [0.717, 1.165) is 24.5 Å². The van der Waals surface area contributed by atoms with Crippen LogP contribution in [0.3, 0.4) is 0 Å². The number of carbonyl (C=O) groups is 1. The van der Waals surface area contributed by atoms with Crippen LogP contribution >= 0.6 is 0 Å². The molecule has 0 saturated heterocycles. The van der Waals surface area contributed by atoms with Gasteiger partial charge in [-0.2, -0.15) is 0 Å². The van der Waals surface area contributed by atoms with Crippen molar-refractivity contribution in [1.82, 2.24) is 10.6 Å². The van der Waals surface area contributed by atoms with Crippen molar-refractivity contribution >= 4 is 11.9 Å². The highest BCUT2D eigenvalue weighted by molar-refractivity contribution is 5.92. The van der Waals surface area contributed by atoms with Gasteiger partial charge in [-0.3, -0.25) is 9.79 Å². The second kappa shape index (κ2) is 7.32. The molecule has 0 atom stereocenters. The van der Waals surface area contributed by atoms with E-state index in [1.807, 2.05) is 12.1 Å². The first-order valence-electron chi connectivity index (χ1n) is 6.00. The SMILES string of the molecule is CCCNC(=NC)NCc1ccc(C(N)=O)cc1. The van der Waals surface area contributed by atoms with E-state index in [1.54, 1.807) is 19.2 Å². The van der Waals surface area contributed by atoms with Crippen LogP contribution in [0.5, 0.6) is 0 Å². The summed E-state index contributed by atoms with van der Waals surface area (Å²) in [7, 11) is 1.74. The number of carbonyl (C=O) groups excluding carboxylic acids is 1. The molecule has 1 aromatic carbocycles. The zero-order valence-corrected chi connectivity index (χ0v) is 10.9. The Morgan fingerprint density at radius 2 is 1.94 bits per heavy atom. The van der Waals surface area contributed by atoms with Gasteiger partial charge in [0, 0.05) is 25.7 Å². The first-order valence-corrected chi connectivity index (χ1v) is 6.00. The minimum Gasteiger partial charge on any atom is -0.366 e. The minimum absolute atomic E-state index is 0.407. The van der Waals surface area contributed by atoms with E-state index in [-0.39, 0.29) is 0 Å². The van der Waals surface area contributed by atoms with Crippen molar-refractivity contribution in [3.8, 4) is 0 Å². The lowest BCUT2D eigenvalue weighted by atomic mass is 10.1. The number of nitrogens with two attached hydrogens (primary N) is 1. The third-order valence-electron chi connectivity index (χ3n) is 2.46. The van der Waals surface area contributed by atoms with E-state index >= 15 is 0 Å². The Morgan fingerprint density at radius 3 is 2.44 bits per heavy atom. The first kappa shape index (κ1) is 14.0. The van der Waals surface area contributed by atoms with E-state index < -0.39 is 5.91 Å². The number of primary amides is 1. The molecular weight excluding hydrogens is 228 g/mol. The van der Waals surface area contributed by atoms with Crippen molar-refractivity contribution in [2.24, 2.45) is 10.7 Å². The number of nitrogens with zero attached hydrogens (tertiary/aromatic N) is 1. The summed E-state index contributed by atoms with van der Waals surface area (Å²) < 4.78 is 0. The molecule has 0 radical (unpaired) electrons. The van der Waals surface area contributed by atoms with Gasteiger partial charge >= 0.3 is 0 Å². The lowest BCUT2D eigenvalue weighted by Gasteiger charge is -2.11. The average molecular weight is 248 g/mol. The van der Waals surface area contributed by atoms with Crippen LogP contribution in [0, 0.1) is 0 Å². The molecule has 1 rings (SSSR count). The van der Waals surface area contributed by atoms with Gasteiger partial charge in [0.2, 0.25) is 5.91 Å². The third kappa shape index (κ3) is 4.45. The molecule has 0 saturated carbocycles. The van der Waals surface area contributed by atoms with Crippen molar-refractivity contribution in [1.29, 1.82) is 0 Å². The van der Waals surface area contributed by atoms with Gasteiger partial charge in [-0.1, -0.05) is 19.1 Å². The summed E-state index contributed by atoms with van der Waals surface area (Å²) in [6.07, 6.45) is 1.05. The number of amides is 1. The second-order valence-electron chi connectivity index (χ2n) is 3.91. The summed E-state index contributed by atoms with van der Waals surface area (Å²) in [5, 5.41) is 6.38. The summed E-state index contributed by atoms with van der Waals surface area (Å²) in [4.78, 5) is 15.0. The fourth-order valence-electron chi connectivity index (χ4n) is 1.44. The maximum Gasteiger partial charge on any atom is 0.248 e. The number of rotatable bonds is 5. The van der Waals surface area contributed by atoms with Gasteiger partial charge in [0.05, 0.1) is 0 Å². The molecule has 0 bridgehead atoms. The van der Waals surface area contributed by atoms with Crippen LogP contribution in [-0.4, -0.2) is 25.5 Å². The van der Waals surface area contributed by atoms with Gasteiger partial charge in [0.15, 0.2) is 5.96 Å². The van der Waals surface area contributed by atoms with Gasteiger partial charge in [0.25, 0.3) is 0 Å². The Morgan fingerprint density at radius 1 is 1.28 bits per heavy atom. The summed E-state index contributed by atoms with van der Waals surface area (Å²) in [5.74, 6) is 0.366. The molecule has 18 heavy (non-hydrogen) atoms. The highest BCUT2D eigenvalue weighted by Crippen LogP contribution is 2.03. The lowest BCUT2D eigenvalue weighted by molar-refractivity contribution is 0.100. The molecule has 0 aliphatic rings. The van der Waals surface area contributed by atoms with Gasteiger partial charge < -0.3 is 16.4 Å². The topological polar surface area (TPSA) is 79.5 Å². The molecule has 4 N–H and O–H groups in total. The van der Waals surface area contributed by atoms with Crippen LogP contribution < -0.4 is 16.4 Å². The zero-order chi connectivity index (χ0) is 13.4. The molecule has 98 valence electrons. The number of aliphatic imine (C=N–C) groups is 1. The Hall–Kier alpha value is -2.04. The molecule has 0 fully saturated rings. The smallest absolute Gasteiger partial charge is 0.248 e. The van der Waals surface area contributed by atoms with Crippen LogP contribution in [-0.2, 0) is 6.54 Å². The van der Waals surface area contributed by atoms with Crippen molar-refractivity contribution < 1.29 is 4.79 Å². The Kier molecular flexibility index (Phi) is 5.70. The summed E-state index contributed by atoms with van der Waals surface area (Å²) >= 11 is 0. The van der Waals surface area contributed by atoms with Crippen LogP contribution in [0.15, 0.2) is 29.3 Å². The zero-order valence-electron chi connectivity index (χ0n) is 10.9. The number of hydrogen-bond donors (Lipinski definition) is 3. The van der Waals surface area contributed by atoms with Gasteiger partial charge in [-0.25, -0.2) is 0 Å². The third-order valence-corrected chi connectivity index (χ3v) is 2.46. The predicted octanol–water partition coefficient (Wildman–Crippen LogP) is 0.861. The molecule has 0 aliphatic heterocycles. The van der Waals surface area contributed by atoms with E-state index in [4.69, 9.17) is 5.73 Å². The summed E-state index contributed by atoms with van der Waals surface area (Å²) in [6, 6.07) is 7.20. The lowest BCUT2D eigenvalue weighted by Crippen LogP contribution is -2.37. The molecule has 0 unspecified atom stereocenters. The number of hydrogen-bond acceptors (Lipinski definition) is 2. The summed E-state index contributed by atoms with van der Waals surface area (Å²) in [6.45, 7) is 3.64. The molecule has 5 nitrogen and oxygen atoms in total. The van der Waals surface area contributed by atoms with Crippen LogP contribution in [0.1, 0.15) is 29.3 Å². The standard InChI is InChI=1S/C13H20N4O/c1-3-8-16-13(15-2)17-9-10-4-6-11(7-5-10)12(14)18/h4-7H,3,8-9H2,1-2H3,(H2,14,18)(H2,15,16,17). The Bertz CT molecular complexity index is 412. The van der Waals surface area contributed by atoms with E-state index in [9.17, 15) is 4.79 Å². The molecular formula is C13H20N4O. The summed E-state index contributed by atoms with van der Waals surface area (Å²) in [5.41, 5.74) is 6.77. The van der Waals surface area contributed by atoms with Gasteiger partial charge in [0.1, 0.15) is 0 Å². The molecule has 0 spiro atoms. The van der Waals surface area contributed by atoms with E-state index in [2.05, 4.69) is 22.5 Å². The Labute approximate surface area is 107 Å². The van der Waals surface area contributed by atoms with Crippen molar-refractivity contribution in [2.45, 2.75) is 19.9 Å². The largest absolute Gasteiger partial charge is 0.366 e.